The number of ether oxygens (including phenoxy) is 2. The van der Waals surface area contributed by atoms with E-state index in [-0.39, 0.29) is 22.8 Å². The van der Waals surface area contributed by atoms with Gasteiger partial charge in [0.05, 0.1) is 25.3 Å². The molecule has 1 aromatic rings. The minimum absolute atomic E-state index is 0.0133. The summed E-state index contributed by atoms with van der Waals surface area (Å²) in [4.78, 5) is 23.1. The van der Waals surface area contributed by atoms with Crippen LogP contribution in [0.3, 0.4) is 0 Å². The number of sulfone groups is 1. The van der Waals surface area contributed by atoms with Crippen LogP contribution in [0.1, 0.15) is 27.6 Å². The summed E-state index contributed by atoms with van der Waals surface area (Å²) in [5.41, 5.74) is 0.559. The molecule has 0 aliphatic rings. The Morgan fingerprint density at radius 3 is 1.90 bits per heavy atom. The molecule has 1 N–H and O–H groups in total. The van der Waals surface area contributed by atoms with Gasteiger partial charge in [0.1, 0.15) is 5.88 Å². The number of anilines is 1. The predicted molar refractivity (Wildman–Crippen MR) is 77.1 cm³/mol. The van der Waals surface area contributed by atoms with Gasteiger partial charge >= 0.3 is 11.9 Å². The summed E-state index contributed by atoms with van der Waals surface area (Å²) in [6.45, 7) is 1.53. The topological polar surface area (TPSA) is 98.8 Å². The van der Waals surface area contributed by atoms with Crippen LogP contribution in [0.25, 0.3) is 0 Å². The molecule has 116 valence electrons. The van der Waals surface area contributed by atoms with Gasteiger partial charge in [-0.1, -0.05) is 6.92 Å². The summed E-state index contributed by atoms with van der Waals surface area (Å²) < 4.78 is 32.1. The van der Waals surface area contributed by atoms with E-state index in [2.05, 4.69) is 14.8 Å². The van der Waals surface area contributed by atoms with Crippen molar-refractivity contribution in [2.75, 3.05) is 31.2 Å². The fourth-order valence-electron chi connectivity index (χ4n) is 1.50. The van der Waals surface area contributed by atoms with Crippen molar-refractivity contribution in [3.8, 4) is 0 Å². The first-order valence-electron chi connectivity index (χ1n) is 6.09. The molecule has 0 saturated carbocycles. The summed E-state index contributed by atoms with van der Waals surface area (Å²) in [7, 11) is -0.818. The molecule has 0 radical (unpaired) electrons. The number of methoxy groups -OCH3 is 2. The van der Waals surface area contributed by atoms with Gasteiger partial charge in [-0.05, 0) is 18.2 Å². The zero-order valence-electron chi connectivity index (χ0n) is 12.0. The molecule has 0 spiro atoms. The minimum Gasteiger partial charge on any atom is -0.465 e. The molecule has 1 aromatic carbocycles. The molecule has 1 rings (SSSR count). The Balaban J connectivity index is 3.13. The van der Waals surface area contributed by atoms with Crippen LogP contribution in [0, 0.1) is 0 Å². The Morgan fingerprint density at radius 2 is 1.52 bits per heavy atom. The first-order chi connectivity index (χ1) is 9.82. The average molecular weight is 315 g/mol. The van der Waals surface area contributed by atoms with Gasteiger partial charge in [0.2, 0.25) is 0 Å². The van der Waals surface area contributed by atoms with Crippen molar-refractivity contribution in [2.45, 2.75) is 6.92 Å². The van der Waals surface area contributed by atoms with Crippen LogP contribution < -0.4 is 5.32 Å². The highest BCUT2D eigenvalue weighted by atomic mass is 32.2. The van der Waals surface area contributed by atoms with Crippen LogP contribution >= 0.6 is 0 Å². The lowest BCUT2D eigenvalue weighted by Crippen LogP contribution is -2.17. The minimum atomic E-state index is -3.24. The lowest BCUT2D eigenvalue weighted by Gasteiger charge is -2.10. The molecular formula is C13H17NO6S. The van der Waals surface area contributed by atoms with Gasteiger partial charge < -0.3 is 14.8 Å². The highest BCUT2D eigenvalue weighted by molar-refractivity contribution is 7.91. The monoisotopic (exact) mass is 315 g/mol. The smallest absolute Gasteiger partial charge is 0.337 e. The number of nitrogens with one attached hydrogen (secondary N) is 1. The van der Waals surface area contributed by atoms with E-state index in [1.807, 2.05) is 0 Å². The molecule has 0 atom stereocenters. The SMILES string of the molecule is CCS(=O)(=O)CNc1cc(C(=O)OC)cc(C(=O)OC)c1. The van der Waals surface area contributed by atoms with Gasteiger partial charge in [0.15, 0.2) is 9.84 Å². The normalized spacial score (nSPS) is 10.8. The Kier molecular flexibility index (Phi) is 5.71. The second-order valence-electron chi connectivity index (χ2n) is 4.14. The molecule has 0 heterocycles. The Hall–Kier alpha value is -2.09. The van der Waals surface area contributed by atoms with Crippen molar-refractivity contribution in [3.05, 3.63) is 29.3 Å². The Labute approximate surface area is 123 Å². The lowest BCUT2D eigenvalue weighted by molar-refractivity contribution is 0.0599. The summed E-state index contributed by atoms with van der Waals surface area (Å²) in [5.74, 6) is -1.58. The van der Waals surface area contributed by atoms with E-state index in [4.69, 9.17) is 0 Å². The van der Waals surface area contributed by atoms with Crippen molar-refractivity contribution in [1.82, 2.24) is 0 Å². The quantitative estimate of drug-likeness (QED) is 0.784. The predicted octanol–water partition coefficient (Wildman–Crippen LogP) is 1.06. The molecule has 0 aliphatic carbocycles. The van der Waals surface area contributed by atoms with E-state index in [0.717, 1.165) is 0 Å². The summed E-state index contributed by atoms with van der Waals surface area (Å²) >= 11 is 0. The number of hydrogen-bond donors (Lipinski definition) is 1. The van der Waals surface area contributed by atoms with Gasteiger partial charge in [-0.3, -0.25) is 0 Å². The fourth-order valence-corrected chi connectivity index (χ4v) is 2.09. The van der Waals surface area contributed by atoms with Crippen molar-refractivity contribution in [1.29, 1.82) is 0 Å². The maximum absolute atomic E-state index is 11.6. The van der Waals surface area contributed by atoms with Crippen LogP contribution in [0.15, 0.2) is 18.2 Å². The zero-order chi connectivity index (χ0) is 16.0. The molecular weight excluding hydrogens is 298 g/mol. The maximum Gasteiger partial charge on any atom is 0.337 e. The van der Waals surface area contributed by atoms with Crippen LogP contribution in [0.4, 0.5) is 5.69 Å². The zero-order valence-corrected chi connectivity index (χ0v) is 12.8. The third-order valence-electron chi connectivity index (χ3n) is 2.71. The van der Waals surface area contributed by atoms with Crippen molar-refractivity contribution in [2.24, 2.45) is 0 Å². The molecule has 0 aliphatic heterocycles. The molecule has 0 aromatic heterocycles. The maximum atomic E-state index is 11.6. The number of benzene rings is 1. The fraction of sp³-hybridized carbons (Fsp3) is 0.385. The van der Waals surface area contributed by atoms with Crippen molar-refractivity contribution in [3.63, 3.8) is 0 Å². The molecule has 21 heavy (non-hydrogen) atoms. The highest BCUT2D eigenvalue weighted by Gasteiger charge is 2.15. The van der Waals surface area contributed by atoms with Gasteiger partial charge in [0, 0.05) is 11.4 Å². The van der Waals surface area contributed by atoms with E-state index >= 15 is 0 Å². The second kappa shape index (κ2) is 7.07. The molecule has 0 saturated heterocycles. The van der Waals surface area contributed by atoms with Crippen LogP contribution in [0.5, 0.6) is 0 Å². The Bertz CT molecular complexity index is 604. The summed E-state index contributed by atoms with van der Waals surface area (Å²) in [6, 6.07) is 4.13. The van der Waals surface area contributed by atoms with Crippen LogP contribution in [-0.4, -0.2) is 46.2 Å². The van der Waals surface area contributed by atoms with E-state index < -0.39 is 21.8 Å². The standard InChI is InChI=1S/C13H17NO6S/c1-4-21(17,18)8-14-11-6-9(12(15)19-2)5-10(7-11)13(16)20-3/h5-7,14H,4,8H2,1-3H3. The molecule has 0 amide bonds. The molecule has 8 heteroatoms. The van der Waals surface area contributed by atoms with Gasteiger partial charge in [-0.25, -0.2) is 18.0 Å². The summed E-state index contributed by atoms with van der Waals surface area (Å²) in [6.07, 6.45) is 0. The van der Waals surface area contributed by atoms with Gasteiger partial charge in [-0.15, -0.1) is 0 Å². The van der Waals surface area contributed by atoms with Crippen molar-refractivity contribution < 1.29 is 27.5 Å². The van der Waals surface area contributed by atoms with Crippen LogP contribution in [0.2, 0.25) is 0 Å². The third kappa shape index (κ3) is 4.75. The molecule has 0 fully saturated rings. The highest BCUT2D eigenvalue weighted by Crippen LogP contribution is 2.17. The third-order valence-corrected chi connectivity index (χ3v) is 4.18. The van der Waals surface area contributed by atoms with Gasteiger partial charge in [0.25, 0.3) is 0 Å². The second-order valence-corrected chi connectivity index (χ2v) is 6.49. The number of rotatable bonds is 6. The lowest BCUT2D eigenvalue weighted by atomic mass is 10.1. The first-order valence-corrected chi connectivity index (χ1v) is 7.91. The van der Waals surface area contributed by atoms with Gasteiger partial charge in [-0.2, -0.15) is 0 Å². The van der Waals surface area contributed by atoms with E-state index in [9.17, 15) is 18.0 Å². The first kappa shape index (κ1) is 17.0. The molecule has 0 unspecified atom stereocenters. The molecule has 7 nitrogen and oxygen atoms in total. The average Bonchev–Trinajstić information content (AvgIpc) is 2.51. The number of esters is 2. The van der Waals surface area contributed by atoms with Crippen molar-refractivity contribution >= 4 is 27.5 Å². The summed E-state index contributed by atoms with van der Waals surface area (Å²) in [5, 5.41) is 2.67. The number of carbonyl (C=O) groups excluding carboxylic acids is 2. The number of hydrogen-bond acceptors (Lipinski definition) is 7. The largest absolute Gasteiger partial charge is 0.465 e. The Morgan fingerprint density at radius 1 is 1.05 bits per heavy atom. The van der Waals surface area contributed by atoms with E-state index in [1.54, 1.807) is 0 Å². The molecule has 0 bridgehead atoms. The van der Waals surface area contributed by atoms with Crippen LogP contribution in [-0.2, 0) is 19.3 Å². The number of carbonyl (C=O) groups is 2. The van der Waals surface area contributed by atoms with E-state index in [0.29, 0.717) is 5.69 Å². The van der Waals surface area contributed by atoms with E-state index in [1.165, 1.54) is 39.3 Å².